The molecule has 0 radical (unpaired) electrons. The van der Waals surface area contributed by atoms with Crippen LogP contribution in [0.3, 0.4) is 0 Å². The van der Waals surface area contributed by atoms with Crippen LogP contribution in [0.4, 0.5) is 9.18 Å². The molecule has 4 amide bonds. The maximum Gasteiger partial charge on any atom is 0.325 e. The van der Waals surface area contributed by atoms with Crippen molar-refractivity contribution in [1.82, 2.24) is 15.5 Å². The van der Waals surface area contributed by atoms with Gasteiger partial charge in [0.2, 0.25) is 5.91 Å². The van der Waals surface area contributed by atoms with Gasteiger partial charge < -0.3 is 10.6 Å². The van der Waals surface area contributed by atoms with E-state index in [2.05, 4.69) is 10.6 Å². The van der Waals surface area contributed by atoms with Gasteiger partial charge in [0.1, 0.15) is 17.9 Å². The first kappa shape index (κ1) is 18.4. The van der Waals surface area contributed by atoms with Gasteiger partial charge in [-0.15, -0.1) is 0 Å². The van der Waals surface area contributed by atoms with E-state index in [9.17, 15) is 18.8 Å². The monoisotopic (exact) mass is 361 g/mol. The number of carbonyl (C=O) groups excluding carboxylic acids is 3. The normalized spacial score (nSPS) is 25.5. The van der Waals surface area contributed by atoms with Crippen LogP contribution in [0.15, 0.2) is 24.3 Å². The number of urea groups is 1. The summed E-state index contributed by atoms with van der Waals surface area (Å²) in [7, 11) is 0. The summed E-state index contributed by atoms with van der Waals surface area (Å²) in [6.45, 7) is 1.90. The molecule has 1 saturated heterocycles. The zero-order chi connectivity index (χ0) is 18.7. The third-order valence-electron chi connectivity index (χ3n) is 5.48. The summed E-state index contributed by atoms with van der Waals surface area (Å²) in [6.07, 6.45) is 3.78. The molecule has 1 spiro atoms. The molecule has 2 fully saturated rings. The number of amides is 4. The highest BCUT2D eigenvalue weighted by molar-refractivity contribution is 6.09. The van der Waals surface area contributed by atoms with Gasteiger partial charge in [-0.05, 0) is 36.8 Å². The van der Waals surface area contributed by atoms with E-state index >= 15 is 0 Å². The molecule has 1 saturated carbocycles. The van der Waals surface area contributed by atoms with Crippen LogP contribution in [0.2, 0.25) is 0 Å². The Labute approximate surface area is 152 Å². The van der Waals surface area contributed by atoms with Crippen LogP contribution in [-0.4, -0.2) is 41.4 Å². The zero-order valence-corrected chi connectivity index (χ0v) is 14.9. The molecule has 6 nitrogen and oxygen atoms in total. The van der Waals surface area contributed by atoms with Crippen molar-refractivity contribution < 1.29 is 18.8 Å². The van der Waals surface area contributed by atoms with E-state index in [0.717, 1.165) is 24.2 Å². The molecular formula is C19H24FN3O3. The third kappa shape index (κ3) is 3.43. The average Bonchev–Trinajstić information content (AvgIpc) is 2.84. The van der Waals surface area contributed by atoms with E-state index in [1.807, 2.05) is 6.92 Å². The molecule has 7 heteroatoms. The van der Waals surface area contributed by atoms with Crippen LogP contribution < -0.4 is 10.6 Å². The summed E-state index contributed by atoms with van der Waals surface area (Å²) in [5.74, 6) is -0.991. The van der Waals surface area contributed by atoms with E-state index in [-0.39, 0.29) is 30.7 Å². The Hall–Kier alpha value is -2.44. The topological polar surface area (TPSA) is 78.5 Å². The van der Waals surface area contributed by atoms with Crippen LogP contribution in [-0.2, 0) is 16.0 Å². The molecule has 1 aliphatic carbocycles. The first-order chi connectivity index (χ1) is 12.4. The maximum absolute atomic E-state index is 13.6. The Morgan fingerprint density at radius 1 is 1.35 bits per heavy atom. The molecular weight excluding hydrogens is 337 g/mol. The highest BCUT2D eigenvalue weighted by atomic mass is 19.1. The summed E-state index contributed by atoms with van der Waals surface area (Å²) in [4.78, 5) is 38.2. The molecule has 2 aliphatic rings. The van der Waals surface area contributed by atoms with Gasteiger partial charge in [-0.1, -0.05) is 38.0 Å². The number of hydrogen-bond donors (Lipinski definition) is 2. The Bertz CT molecular complexity index is 724. The van der Waals surface area contributed by atoms with E-state index in [4.69, 9.17) is 0 Å². The summed E-state index contributed by atoms with van der Waals surface area (Å²) in [6, 6.07) is 5.87. The lowest BCUT2D eigenvalue weighted by Crippen LogP contribution is -2.54. The minimum absolute atomic E-state index is 0.0572. The van der Waals surface area contributed by atoms with Gasteiger partial charge in [-0.3, -0.25) is 14.5 Å². The van der Waals surface area contributed by atoms with Crippen molar-refractivity contribution in [2.24, 2.45) is 5.92 Å². The molecule has 26 heavy (non-hydrogen) atoms. The zero-order valence-electron chi connectivity index (χ0n) is 14.9. The molecule has 1 aromatic carbocycles. The van der Waals surface area contributed by atoms with Crippen molar-refractivity contribution in [2.75, 3.05) is 13.1 Å². The first-order valence-electron chi connectivity index (χ1n) is 9.08. The fourth-order valence-electron chi connectivity index (χ4n) is 3.88. The number of nitrogens with zero attached hydrogens (tertiary/aromatic N) is 1. The quantitative estimate of drug-likeness (QED) is 0.787. The highest BCUT2D eigenvalue weighted by Gasteiger charge is 2.55. The van der Waals surface area contributed by atoms with Gasteiger partial charge >= 0.3 is 6.03 Å². The van der Waals surface area contributed by atoms with Crippen molar-refractivity contribution in [3.63, 3.8) is 0 Å². The van der Waals surface area contributed by atoms with Crippen molar-refractivity contribution >= 4 is 17.8 Å². The highest BCUT2D eigenvalue weighted by Crippen LogP contribution is 2.38. The number of hydrogen-bond acceptors (Lipinski definition) is 3. The molecule has 2 N–H and O–H groups in total. The molecule has 0 aromatic heterocycles. The predicted molar refractivity (Wildman–Crippen MR) is 93.7 cm³/mol. The Balaban J connectivity index is 1.55. The minimum Gasteiger partial charge on any atom is -0.354 e. The number of carbonyl (C=O) groups is 3. The number of rotatable bonds is 5. The molecule has 1 aromatic rings. The number of nitrogens with one attached hydrogen (secondary N) is 2. The molecule has 0 unspecified atom stereocenters. The van der Waals surface area contributed by atoms with Crippen molar-refractivity contribution in [3.8, 4) is 0 Å². The fraction of sp³-hybridized carbons (Fsp3) is 0.526. The van der Waals surface area contributed by atoms with Gasteiger partial charge in [0.15, 0.2) is 0 Å². The SMILES string of the molecule is C[C@H]1CCCC[C@]12NC(=O)N(CC(=O)NCCc1ccccc1F)C2=O. The lowest BCUT2D eigenvalue weighted by Gasteiger charge is -2.36. The molecule has 1 aliphatic heterocycles. The fourth-order valence-corrected chi connectivity index (χ4v) is 3.88. The van der Waals surface area contributed by atoms with E-state index < -0.39 is 17.5 Å². The largest absolute Gasteiger partial charge is 0.354 e. The van der Waals surface area contributed by atoms with Gasteiger partial charge in [-0.25, -0.2) is 9.18 Å². The lowest BCUT2D eigenvalue weighted by molar-refractivity contribution is -0.137. The Morgan fingerprint density at radius 3 is 2.85 bits per heavy atom. The van der Waals surface area contributed by atoms with Gasteiger partial charge in [0.05, 0.1) is 0 Å². The second-order valence-electron chi connectivity index (χ2n) is 7.13. The molecule has 1 heterocycles. The third-order valence-corrected chi connectivity index (χ3v) is 5.48. The van der Waals surface area contributed by atoms with Crippen LogP contribution in [0.1, 0.15) is 38.2 Å². The van der Waals surface area contributed by atoms with Gasteiger partial charge in [0, 0.05) is 6.54 Å². The molecule has 2 atom stereocenters. The standard InChI is InChI=1S/C19H24FN3O3/c1-13-6-4-5-10-19(13)17(25)23(18(26)22-19)12-16(24)21-11-9-14-7-2-3-8-15(14)20/h2-3,7-8,13H,4-6,9-12H2,1H3,(H,21,24)(H,22,26)/t13-,19-/m0/s1. The van der Waals surface area contributed by atoms with E-state index in [0.29, 0.717) is 18.4 Å². The second kappa shape index (κ2) is 7.43. The molecule has 0 bridgehead atoms. The van der Waals surface area contributed by atoms with E-state index in [1.165, 1.54) is 6.07 Å². The average molecular weight is 361 g/mol. The molecule has 140 valence electrons. The number of halogens is 1. The summed E-state index contributed by atoms with van der Waals surface area (Å²) < 4.78 is 13.6. The van der Waals surface area contributed by atoms with E-state index in [1.54, 1.807) is 18.2 Å². The maximum atomic E-state index is 13.6. The van der Waals surface area contributed by atoms with Crippen LogP contribution in [0.25, 0.3) is 0 Å². The summed E-state index contributed by atoms with van der Waals surface area (Å²) in [5.41, 5.74) is -0.347. The first-order valence-corrected chi connectivity index (χ1v) is 9.08. The predicted octanol–water partition coefficient (Wildman–Crippen LogP) is 1.99. The Kier molecular flexibility index (Phi) is 5.25. The van der Waals surface area contributed by atoms with Crippen LogP contribution in [0.5, 0.6) is 0 Å². The van der Waals surface area contributed by atoms with Crippen LogP contribution >= 0.6 is 0 Å². The number of imide groups is 1. The lowest BCUT2D eigenvalue weighted by atomic mass is 9.73. The second-order valence-corrected chi connectivity index (χ2v) is 7.13. The summed E-state index contributed by atoms with van der Waals surface area (Å²) >= 11 is 0. The van der Waals surface area contributed by atoms with Crippen molar-refractivity contribution in [1.29, 1.82) is 0 Å². The summed E-state index contributed by atoms with van der Waals surface area (Å²) in [5, 5.41) is 5.47. The Morgan fingerprint density at radius 2 is 2.12 bits per heavy atom. The minimum atomic E-state index is -0.858. The number of benzene rings is 1. The van der Waals surface area contributed by atoms with Gasteiger partial charge in [-0.2, -0.15) is 0 Å². The molecule has 3 rings (SSSR count). The smallest absolute Gasteiger partial charge is 0.325 e. The van der Waals surface area contributed by atoms with Crippen LogP contribution in [0, 0.1) is 11.7 Å². The van der Waals surface area contributed by atoms with Crippen molar-refractivity contribution in [2.45, 2.75) is 44.6 Å². The van der Waals surface area contributed by atoms with Crippen molar-refractivity contribution in [3.05, 3.63) is 35.6 Å². The van der Waals surface area contributed by atoms with Gasteiger partial charge in [0.25, 0.3) is 5.91 Å².